The van der Waals surface area contributed by atoms with Crippen molar-refractivity contribution in [2.75, 3.05) is 64.6 Å². The Balaban J connectivity index is 1.47. The third-order valence-electron chi connectivity index (χ3n) is 6.28. The van der Waals surface area contributed by atoms with Crippen molar-refractivity contribution >= 4 is 11.7 Å². The number of piperazine rings is 1. The second-order valence-electron chi connectivity index (χ2n) is 8.63. The molecular weight excluding hydrogens is 471 g/mol. The highest BCUT2D eigenvalue weighted by Gasteiger charge is 2.43. The van der Waals surface area contributed by atoms with Gasteiger partial charge in [-0.2, -0.15) is 0 Å². The number of hydrogen-bond acceptors (Lipinski definition) is 10. The summed E-state index contributed by atoms with van der Waals surface area (Å²) in [6.45, 7) is 6.13. The molecule has 0 atom stereocenters. The number of nitrogens with zero attached hydrogens (tertiary/aromatic N) is 6. The van der Waals surface area contributed by atoms with Crippen LogP contribution in [0.3, 0.4) is 0 Å². The molecule has 0 radical (unpaired) electrons. The number of primary amides is 1. The van der Waals surface area contributed by atoms with Crippen LogP contribution in [-0.4, -0.2) is 103 Å². The van der Waals surface area contributed by atoms with Crippen LogP contribution < -0.4 is 15.4 Å². The van der Waals surface area contributed by atoms with Gasteiger partial charge in [-0.15, -0.1) is 28.5 Å². The number of hydrogen-bond donors (Lipinski definition) is 1. The average Bonchev–Trinajstić information content (AvgIpc) is 2.83. The number of unbranched alkanes of at least 4 members (excludes halogenated alkanes) is 1. The van der Waals surface area contributed by atoms with Crippen molar-refractivity contribution in [1.29, 1.82) is 0 Å². The van der Waals surface area contributed by atoms with E-state index in [1.807, 2.05) is 9.91 Å². The molecule has 2 saturated heterocycles. The van der Waals surface area contributed by atoms with Crippen LogP contribution >= 0.6 is 0 Å². The lowest BCUT2D eigenvalue weighted by Gasteiger charge is -2.45. The first kappa shape index (κ1) is 27.3. The lowest BCUT2D eigenvalue weighted by molar-refractivity contribution is -0.341. The maximum Gasteiger partial charge on any atom is 0.525 e. The summed E-state index contributed by atoms with van der Waals surface area (Å²) in [6, 6.07) is 3.06. The number of carbonyl (C=O) groups is 1. The molecule has 35 heavy (non-hydrogen) atoms. The Bertz CT molecular complexity index is 799. The third-order valence-corrected chi connectivity index (χ3v) is 6.28. The van der Waals surface area contributed by atoms with Gasteiger partial charge in [0.05, 0.1) is 0 Å². The number of carbonyl (C=O) groups excluding carboxylic acids is 1. The van der Waals surface area contributed by atoms with Gasteiger partial charge >= 0.3 is 6.36 Å². The minimum absolute atomic E-state index is 0.0674. The van der Waals surface area contributed by atoms with E-state index in [1.165, 1.54) is 6.07 Å². The summed E-state index contributed by atoms with van der Waals surface area (Å²) in [5, 5.41) is 11.4. The first-order valence-corrected chi connectivity index (χ1v) is 11.7. The molecule has 11 nitrogen and oxygen atoms in total. The fraction of sp³-hybridized carbons (Fsp3) is 0.762. The van der Waals surface area contributed by atoms with Gasteiger partial charge in [0.1, 0.15) is 0 Å². The Morgan fingerprint density at radius 1 is 1.14 bits per heavy atom. The average molecular weight is 506 g/mol. The van der Waals surface area contributed by atoms with Crippen molar-refractivity contribution in [1.82, 2.24) is 25.3 Å². The number of hydroxylamine groups is 1. The molecule has 198 valence electrons. The summed E-state index contributed by atoms with van der Waals surface area (Å²) in [7, 11) is 1.78. The third kappa shape index (κ3) is 7.87. The summed E-state index contributed by atoms with van der Waals surface area (Å²) < 4.78 is 44.4. The Kier molecular flexibility index (Phi) is 9.47. The maximum absolute atomic E-state index is 12.3. The summed E-state index contributed by atoms with van der Waals surface area (Å²) in [5.41, 5.74) is 4.74. The van der Waals surface area contributed by atoms with Gasteiger partial charge in [-0.1, -0.05) is 13.3 Å². The number of halogens is 3. The fourth-order valence-corrected chi connectivity index (χ4v) is 4.13. The van der Waals surface area contributed by atoms with Crippen molar-refractivity contribution in [3.8, 4) is 5.88 Å². The number of piperidine rings is 1. The topological polar surface area (TPSA) is 110 Å². The van der Waals surface area contributed by atoms with E-state index in [4.69, 9.17) is 15.3 Å². The van der Waals surface area contributed by atoms with E-state index in [9.17, 15) is 18.0 Å². The van der Waals surface area contributed by atoms with E-state index in [-0.39, 0.29) is 5.88 Å². The first-order valence-electron chi connectivity index (χ1n) is 11.7. The Morgan fingerprint density at radius 3 is 2.37 bits per heavy atom. The highest BCUT2D eigenvalue weighted by Crippen LogP contribution is 2.28. The second kappa shape index (κ2) is 12.1. The lowest BCUT2D eigenvalue weighted by atomic mass is 9.90. The highest BCUT2D eigenvalue weighted by molar-refractivity contribution is 5.83. The predicted molar refractivity (Wildman–Crippen MR) is 120 cm³/mol. The second-order valence-corrected chi connectivity index (χ2v) is 8.63. The molecule has 2 aliphatic rings. The number of anilines is 1. The molecule has 2 N–H and O–H groups in total. The number of rotatable bonds is 11. The van der Waals surface area contributed by atoms with Crippen LogP contribution in [0.5, 0.6) is 5.88 Å². The van der Waals surface area contributed by atoms with Gasteiger partial charge in [0.2, 0.25) is 5.88 Å². The van der Waals surface area contributed by atoms with E-state index in [0.29, 0.717) is 44.8 Å². The normalized spacial score (nSPS) is 19.8. The van der Waals surface area contributed by atoms with E-state index in [0.717, 1.165) is 32.5 Å². The quantitative estimate of drug-likeness (QED) is 0.350. The Labute approximate surface area is 202 Å². The van der Waals surface area contributed by atoms with Gasteiger partial charge in [0, 0.05) is 65.2 Å². The molecule has 2 aliphatic heterocycles. The molecule has 0 spiro atoms. The number of hydrazine groups is 1. The van der Waals surface area contributed by atoms with E-state index in [2.05, 4.69) is 26.8 Å². The van der Waals surface area contributed by atoms with Gasteiger partial charge in [-0.25, -0.2) is 5.01 Å². The van der Waals surface area contributed by atoms with E-state index >= 15 is 0 Å². The number of amides is 1. The first-order chi connectivity index (χ1) is 16.6. The summed E-state index contributed by atoms with van der Waals surface area (Å²) in [6.07, 6.45) is -1.42. The van der Waals surface area contributed by atoms with Crippen molar-refractivity contribution in [2.45, 2.75) is 44.6 Å². The molecule has 0 unspecified atom stereocenters. The summed E-state index contributed by atoms with van der Waals surface area (Å²) in [5.74, 6) is 0.0592. The number of ether oxygens (including phenoxy) is 2. The van der Waals surface area contributed by atoms with Crippen molar-refractivity contribution in [3.63, 3.8) is 0 Å². The number of nitrogens with two attached hydrogens (primary N) is 1. The maximum atomic E-state index is 12.3. The molecule has 0 aromatic carbocycles. The van der Waals surface area contributed by atoms with Crippen molar-refractivity contribution < 1.29 is 32.3 Å². The molecule has 14 heteroatoms. The number of likely N-dealkylation sites (tertiary alicyclic amines) is 1. The van der Waals surface area contributed by atoms with Crippen LogP contribution in [0.4, 0.5) is 19.0 Å². The molecule has 0 saturated carbocycles. The van der Waals surface area contributed by atoms with Crippen LogP contribution in [-0.2, 0) is 14.4 Å². The molecule has 3 rings (SSSR count). The van der Waals surface area contributed by atoms with Gasteiger partial charge in [0.25, 0.3) is 5.91 Å². The summed E-state index contributed by atoms with van der Waals surface area (Å²) in [4.78, 5) is 22.8. The van der Waals surface area contributed by atoms with Crippen LogP contribution in [0.1, 0.15) is 32.6 Å². The van der Waals surface area contributed by atoms with Crippen LogP contribution in [0.25, 0.3) is 0 Å². The van der Waals surface area contributed by atoms with Crippen molar-refractivity contribution in [2.24, 2.45) is 5.73 Å². The standard InChI is InChI=1S/C21H34F3N7O4/c1-3-4-9-29-10-7-20(8-11-29,19(25)32)35-28(2)31-14-12-30(13-15-31)17-5-6-18(27-26-17)33-16-34-21(22,23)24/h5-6H,3-4,7-16H2,1-2H3,(H2,25,32). The summed E-state index contributed by atoms with van der Waals surface area (Å²) >= 11 is 0. The van der Waals surface area contributed by atoms with Crippen LogP contribution in [0.2, 0.25) is 0 Å². The van der Waals surface area contributed by atoms with Gasteiger partial charge in [0.15, 0.2) is 18.2 Å². The molecular formula is C21H34F3N7O4. The molecule has 3 heterocycles. The molecule has 2 fully saturated rings. The van der Waals surface area contributed by atoms with Crippen LogP contribution in [0, 0.1) is 0 Å². The zero-order valence-corrected chi connectivity index (χ0v) is 20.2. The highest BCUT2D eigenvalue weighted by atomic mass is 19.4. The Hall–Kier alpha value is -2.26. The smallest absolute Gasteiger partial charge is 0.449 e. The van der Waals surface area contributed by atoms with Crippen molar-refractivity contribution in [3.05, 3.63) is 12.1 Å². The molecule has 1 aromatic rings. The minimum atomic E-state index is -4.77. The SMILES string of the molecule is CCCCN1CCC(ON(C)N2CCN(c3ccc(OCOC(F)(F)F)nn3)CC2)(C(N)=O)CC1. The van der Waals surface area contributed by atoms with E-state index < -0.39 is 24.7 Å². The minimum Gasteiger partial charge on any atom is -0.449 e. The monoisotopic (exact) mass is 505 g/mol. The Morgan fingerprint density at radius 2 is 1.83 bits per heavy atom. The van der Waals surface area contributed by atoms with Gasteiger partial charge < -0.3 is 20.3 Å². The molecule has 1 aromatic heterocycles. The van der Waals surface area contributed by atoms with Gasteiger partial charge in [-0.05, 0) is 19.0 Å². The fourth-order valence-electron chi connectivity index (χ4n) is 4.13. The predicted octanol–water partition coefficient (Wildman–Crippen LogP) is 1.37. The zero-order valence-electron chi connectivity index (χ0n) is 20.2. The van der Waals surface area contributed by atoms with Crippen LogP contribution in [0.15, 0.2) is 12.1 Å². The molecule has 1 amide bonds. The number of aromatic nitrogens is 2. The zero-order chi connectivity index (χ0) is 25.5. The largest absolute Gasteiger partial charge is 0.525 e. The molecule has 0 aliphatic carbocycles. The number of alkyl halides is 3. The lowest BCUT2D eigenvalue weighted by Crippen LogP contribution is -2.60. The van der Waals surface area contributed by atoms with E-state index in [1.54, 1.807) is 18.3 Å². The molecule has 0 bridgehead atoms. The van der Waals surface area contributed by atoms with Gasteiger partial charge in [-0.3, -0.25) is 14.4 Å².